The lowest BCUT2D eigenvalue weighted by Crippen LogP contribution is -2.04. The minimum absolute atomic E-state index is 0.224. The summed E-state index contributed by atoms with van der Waals surface area (Å²) in [6.45, 7) is 0. The van der Waals surface area contributed by atoms with Gasteiger partial charge in [0.2, 0.25) is 0 Å². The maximum absolute atomic E-state index is 14.8. The van der Waals surface area contributed by atoms with Gasteiger partial charge < -0.3 is 24.5 Å². The van der Waals surface area contributed by atoms with Gasteiger partial charge in [-0.05, 0) is 35.7 Å². The summed E-state index contributed by atoms with van der Waals surface area (Å²) in [4.78, 5) is 21.7. The first-order chi connectivity index (χ1) is 17.9. The Morgan fingerprint density at radius 1 is 1.11 bits per heavy atom. The van der Waals surface area contributed by atoms with Crippen LogP contribution in [-0.4, -0.2) is 33.1 Å². The molecule has 1 atom stereocenters. The minimum Gasteiger partial charge on any atom is -0.469 e. The van der Waals surface area contributed by atoms with Crippen LogP contribution in [0.2, 0.25) is 0 Å². The minimum atomic E-state index is -0.977. The number of aromatic nitrogens is 3. The van der Waals surface area contributed by atoms with Gasteiger partial charge >= 0.3 is 5.97 Å². The normalized spacial score (nSPS) is 12.0. The second kappa shape index (κ2) is 10.2. The number of aromatic amines is 2. The standard InChI is InChI=1S/C28H23F2N3O4/c1-36-24(34)9-8-16-4-2-5-17(12-16)26(35)23-15-32-28(33-23)18-6-3-7-19(13-18)37-27-21(29)14-22-20(25(27)30)10-11-31-22/h2-7,10-15,26,31,35H,8-9H2,1H3,(H,32,33). The third-order valence-electron chi connectivity index (χ3n) is 6.03. The fourth-order valence-corrected chi connectivity index (χ4v) is 4.10. The lowest BCUT2D eigenvalue weighted by molar-refractivity contribution is -0.140. The van der Waals surface area contributed by atoms with E-state index in [0.717, 1.165) is 5.56 Å². The highest BCUT2D eigenvalue weighted by Gasteiger charge is 2.18. The number of aliphatic hydroxyl groups is 1. The van der Waals surface area contributed by atoms with E-state index in [0.29, 0.717) is 34.6 Å². The van der Waals surface area contributed by atoms with Gasteiger partial charge in [0.15, 0.2) is 17.4 Å². The molecule has 3 N–H and O–H groups in total. The van der Waals surface area contributed by atoms with Crippen molar-refractivity contribution in [1.29, 1.82) is 0 Å². The number of aliphatic hydroxyl groups excluding tert-OH is 1. The largest absolute Gasteiger partial charge is 0.469 e. The quantitative estimate of drug-likeness (QED) is 0.232. The molecule has 0 amide bonds. The van der Waals surface area contributed by atoms with Crippen LogP contribution in [0, 0.1) is 11.6 Å². The molecule has 0 radical (unpaired) electrons. The Labute approximate surface area is 210 Å². The van der Waals surface area contributed by atoms with Crippen LogP contribution in [0.25, 0.3) is 22.3 Å². The third-order valence-corrected chi connectivity index (χ3v) is 6.03. The van der Waals surface area contributed by atoms with Gasteiger partial charge in [-0.2, -0.15) is 0 Å². The van der Waals surface area contributed by atoms with E-state index in [1.807, 2.05) is 18.2 Å². The number of hydrogen-bond acceptors (Lipinski definition) is 5. The van der Waals surface area contributed by atoms with Crippen molar-refractivity contribution in [2.75, 3.05) is 7.11 Å². The number of benzene rings is 3. The van der Waals surface area contributed by atoms with Crippen LogP contribution in [0.1, 0.15) is 29.3 Å². The molecule has 0 fully saturated rings. The number of halogens is 2. The molecule has 37 heavy (non-hydrogen) atoms. The number of H-pyrrole nitrogens is 2. The van der Waals surface area contributed by atoms with Crippen LogP contribution in [0.3, 0.4) is 0 Å². The highest BCUT2D eigenvalue weighted by Crippen LogP contribution is 2.34. The van der Waals surface area contributed by atoms with E-state index in [9.17, 15) is 18.7 Å². The summed E-state index contributed by atoms with van der Waals surface area (Å²) in [5.41, 5.74) is 2.93. The van der Waals surface area contributed by atoms with Crippen LogP contribution in [0.4, 0.5) is 8.78 Å². The number of methoxy groups -OCH3 is 1. The van der Waals surface area contributed by atoms with Gasteiger partial charge in [-0.25, -0.2) is 13.8 Å². The van der Waals surface area contributed by atoms with E-state index in [1.54, 1.807) is 30.3 Å². The number of imidazole rings is 1. The molecular formula is C28H23F2N3O4. The number of esters is 1. The number of fused-ring (bicyclic) bond motifs is 1. The van der Waals surface area contributed by atoms with Crippen LogP contribution >= 0.6 is 0 Å². The molecule has 5 aromatic rings. The van der Waals surface area contributed by atoms with E-state index in [-0.39, 0.29) is 23.5 Å². The summed E-state index contributed by atoms with van der Waals surface area (Å²) in [6.07, 6.45) is 2.81. The maximum Gasteiger partial charge on any atom is 0.305 e. The molecule has 2 heterocycles. The molecule has 9 heteroatoms. The van der Waals surface area contributed by atoms with E-state index < -0.39 is 23.5 Å². The lowest BCUT2D eigenvalue weighted by atomic mass is 10.0. The Balaban J connectivity index is 1.35. The van der Waals surface area contributed by atoms with Gasteiger partial charge in [-0.1, -0.05) is 36.4 Å². The molecule has 0 spiro atoms. The molecule has 0 aliphatic carbocycles. The zero-order valence-electron chi connectivity index (χ0n) is 19.8. The van der Waals surface area contributed by atoms with E-state index >= 15 is 0 Å². The Hall–Kier alpha value is -4.50. The highest BCUT2D eigenvalue weighted by atomic mass is 19.1. The Morgan fingerprint density at radius 3 is 2.78 bits per heavy atom. The number of aryl methyl sites for hydroxylation is 1. The molecule has 1 unspecified atom stereocenters. The molecule has 188 valence electrons. The van der Waals surface area contributed by atoms with Crippen molar-refractivity contribution in [3.05, 3.63) is 102 Å². The van der Waals surface area contributed by atoms with Gasteiger partial charge in [0.05, 0.1) is 24.5 Å². The summed E-state index contributed by atoms with van der Waals surface area (Å²) in [5.74, 6) is -1.74. The van der Waals surface area contributed by atoms with Crippen LogP contribution in [0.5, 0.6) is 11.5 Å². The van der Waals surface area contributed by atoms with Gasteiger partial charge in [0, 0.05) is 29.6 Å². The second-order valence-electron chi connectivity index (χ2n) is 8.48. The fraction of sp³-hybridized carbons (Fsp3) is 0.143. The molecule has 2 aromatic heterocycles. The molecule has 0 saturated heterocycles. The molecule has 0 saturated carbocycles. The Bertz CT molecular complexity index is 1580. The summed E-state index contributed by atoms with van der Waals surface area (Å²) in [6, 6.07) is 16.6. The number of ether oxygens (including phenoxy) is 2. The van der Waals surface area contributed by atoms with Crippen molar-refractivity contribution < 1.29 is 28.2 Å². The van der Waals surface area contributed by atoms with Gasteiger partial charge in [0.1, 0.15) is 17.7 Å². The SMILES string of the molecule is COC(=O)CCc1cccc(C(O)c2cnc(-c3cccc(Oc4c(F)cc5[nH]ccc5c4F)c3)[nH]2)c1. The monoisotopic (exact) mass is 503 g/mol. The zero-order chi connectivity index (χ0) is 25.9. The van der Waals surface area contributed by atoms with E-state index in [4.69, 9.17) is 4.74 Å². The smallest absolute Gasteiger partial charge is 0.305 e. The molecule has 0 aliphatic heterocycles. The second-order valence-corrected chi connectivity index (χ2v) is 8.48. The predicted molar refractivity (Wildman–Crippen MR) is 133 cm³/mol. The number of rotatable bonds is 8. The van der Waals surface area contributed by atoms with Crippen LogP contribution in [-0.2, 0) is 16.0 Å². The summed E-state index contributed by atoms with van der Waals surface area (Å²) in [7, 11) is 1.35. The highest BCUT2D eigenvalue weighted by molar-refractivity contribution is 5.82. The van der Waals surface area contributed by atoms with Crippen molar-refractivity contribution >= 4 is 16.9 Å². The van der Waals surface area contributed by atoms with Gasteiger partial charge in [0.25, 0.3) is 0 Å². The molecule has 0 aliphatic rings. The Kier molecular flexibility index (Phi) is 6.70. The summed E-state index contributed by atoms with van der Waals surface area (Å²) < 4.78 is 39.6. The number of nitrogens with one attached hydrogen (secondary N) is 2. The topological polar surface area (TPSA) is 100 Å². The van der Waals surface area contributed by atoms with Crippen molar-refractivity contribution in [3.8, 4) is 22.9 Å². The molecule has 7 nitrogen and oxygen atoms in total. The summed E-state index contributed by atoms with van der Waals surface area (Å²) in [5, 5.41) is 11.1. The molecule has 0 bridgehead atoms. The number of hydrogen-bond donors (Lipinski definition) is 3. The number of nitrogens with zero attached hydrogens (tertiary/aromatic N) is 1. The van der Waals surface area contributed by atoms with Gasteiger partial charge in [-0.15, -0.1) is 0 Å². The van der Waals surface area contributed by atoms with Gasteiger partial charge in [-0.3, -0.25) is 4.79 Å². The first kappa shape index (κ1) is 24.2. The zero-order valence-corrected chi connectivity index (χ0v) is 19.8. The van der Waals surface area contributed by atoms with Crippen molar-refractivity contribution in [1.82, 2.24) is 15.0 Å². The predicted octanol–water partition coefficient (Wildman–Crippen LogP) is 5.82. The number of carbonyl (C=O) groups excluding carboxylic acids is 1. The van der Waals surface area contributed by atoms with E-state index in [1.165, 1.54) is 31.6 Å². The van der Waals surface area contributed by atoms with Crippen LogP contribution in [0.15, 0.2) is 73.1 Å². The van der Waals surface area contributed by atoms with E-state index in [2.05, 4.69) is 19.7 Å². The first-order valence-electron chi connectivity index (χ1n) is 11.5. The fourth-order valence-electron chi connectivity index (χ4n) is 4.10. The maximum atomic E-state index is 14.8. The van der Waals surface area contributed by atoms with Crippen molar-refractivity contribution in [2.24, 2.45) is 0 Å². The van der Waals surface area contributed by atoms with Crippen molar-refractivity contribution in [2.45, 2.75) is 18.9 Å². The third kappa shape index (κ3) is 5.07. The molecule has 3 aromatic carbocycles. The molecule has 5 rings (SSSR count). The summed E-state index contributed by atoms with van der Waals surface area (Å²) >= 11 is 0. The van der Waals surface area contributed by atoms with Crippen LogP contribution < -0.4 is 4.74 Å². The average molecular weight is 504 g/mol. The average Bonchev–Trinajstić information content (AvgIpc) is 3.60. The Morgan fingerprint density at radius 2 is 1.95 bits per heavy atom. The van der Waals surface area contributed by atoms with Crippen molar-refractivity contribution in [3.63, 3.8) is 0 Å². The first-order valence-corrected chi connectivity index (χ1v) is 11.5. The lowest BCUT2D eigenvalue weighted by Gasteiger charge is -2.11. The molecular weight excluding hydrogens is 480 g/mol. The number of carbonyl (C=O) groups is 1.